The fraction of sp³-hybridized carbons (Fsp3) is 0.294. The van der Waals surface area contributed by atoms with Gasteiger partial charge in [0.05, 0.1) is 6.04 Å². The molecule has 0 aromatic heterocycles. The highest BCUT2D eigenvalue weighted by atomic mass is 79.9. The van der Waals surface area contributed by atoms with Crippen LogP contribution in [-0.2, 0) is 0 Å². The number of aryl methyl sites for hydroxylation is 2. The maximum absolute atomic E-state index is 13.8. The molecule has 3 heteroatoms. The quantitative estimate of drug-likeness (QED) is 0.837. The number of rotatable bonds is 4. The van der Waals surface area contributed by atoms with E-state index >= 15 is 0 Å². The highest BCUT2D eigenvalue weighted by molar-refractivity contribution is 9.10. The molecule has 0 heterocycles. The van der Waals surface area contributed by atoms with Gasteiger partial charge in [-0.2, -0.15) is 0 Å². The van der Waals surface area contributed by atoms with E-state index in [2.05, 4.69) is 53.3 Å². The summed E-state index contributed by atoms with van der Waals surface area (Å²) in [5.41, 5.74) is 3.95. The first kappa shape index (κ1) is 15.2. The smallest absolute Gasteiger partial charge is 0.126 e. The summed E-state index contributed by atoms with van der Waals surface area (Å²) in [7, 11) is 0. The zero-order chi connectivity index (χ0) is 14.7. The molecular weight excluding hydrogens is 317 g/mol. The van der Waals surface area contributed by atoms with Crippen molar-refractivity contribution in [3.05, 3.63) is 68.9 Å². The Kier molecular flexibility index (Phi) is 4.95. The molecule has 2 aromatic carbocycles. The predicted octanol–water partition coefficient (Wildman–Crippen LogP) is 4.90. The van der Waals surface area contributed by atoms with E-state index in [0.717, 1.165) is 22.1 Å². The van der Waals surface area contributed by atoms with Crippen molar-refractivity contribution in [2.24, 2.45) is 0 Å². The molecule has 20 heavy (non-hydrogen) atoms. The second kappa shape index (κ2) is 6.51. The molecule has 0 saturated carbocycles. The monoisotopic (exact) mass is 335 g/mol. The van der Waals surface area contributed by atoms with Gasteiger partial charge in [-0.1, -0.05) is 47.1 Å². The summed E-state index contributed by atoms with van der Waals surface area (Å²) in [5, 5.41) is 3.42. The van der Waals surface area contributed by atoms with Gasteiger partial charge in [0.25, 0.3) is 0 Å². The van der Waals surface area contributed by atoms with Gasteiger partial charge in [0.15, 0.2) is 0 Å². The van der Waals surface area contributed by atoms with E-state index in [0.29, 0.717) is 5.56 Å². The number of nitrogens with one attached hydrogen (secondary N) is 1. The van der Waals surface area contributed by atoms with Crippen LogP contribution in [0, 0.1) is 19.7 Å². The van der Waals surface area contributed by atoms with Crippen LogP contribution in [0.5, 0.6) is 0 Å². The minimum atomic E-state index is -0.156. The second-order valence-electron chi connectivity index (χ2n) is 5.01. The highest BCUT2D eigenvalue weighted by Crippen LogP contribution is 2.27. The second-order valence-corrected chi connectivity index (χ2v) is 5.86. The van der Waals surface area contributed by atoms with Crippen LogP contribution in [0.15, 0.2) is 40.9 Å². The van der Waals surface area contributed by atoms with E-state index in [4.69, 9.17) is 0 Å². The predicted molar refractivity (Wildman–Crippen MR) is 85.5 cm³/mol. The van der Waals surface area contributed by atoms with E-state index in [-0.39, 0.29) is 11.9 Å². The number of halogens is 2. The van der Waals surface area contributed by atoms with Crippen LogP contribution in [0.1, 0.15) is 35.2 Å². The lowest BCUT2D eigenvalue weighted by Crippen LogP contribution is -2.22. The maximum atomic E-state index is 13.8. The molecule has 0 aliphatic heterocycles. The van der Waals surface area contributed by atoms with Crippen LogP contribution < -0.4 is 5.32 Å². The fourth-order valence-electron chi connectivity index (χ4n) is 2.21. The van der Waals surface area contributed by atoms with Crippen molar-refractivity contribution in [1.29, 1.82) is 0 Å². The third-order valence-electron chi connectivity index (χ3n) is 3.47. The summed E-state index contributed by atoms with van der Waals surface area (Å²) in [6.07, 6.45) is 0. The van der Waals surface area contributed by atoms with Gasteiger partial charge in [-0.3, -0.25) is 0 Å². The van der Waals surface area contributed by atoms with Crippen molar-refractivity contribution in [2.75, 3.05) is 6.54 Å². The van der Waals surface area contributed by atoms with E-state index in [9.17, 15) is 4.39 Å². The molecule has 2 aromatic rings. The Hall–Kier alpha value is -1.19. The van der Waals surface area contributed by atoms with Crippen LogP contribution in [0.25, 0.3) is 0 Å². The highest BCUT2D eigenvalue weighted by Gasteiger charge is 2.15. The summed E-state index contributed by atoms with van der Waals surface area (Å²) in [4.78, 5) is 0. The molecule has 0 bridgehead atoms. The van der Waals surface area contributed by atoms with Crippen LogP contribution in [-0.4, -0.2) is 6.54 Å². The number of hydrogen-bond donors (Lipinski definition) is 1. The van der Waals surface area contributed by atoms with Gasteiger partial charge in [-0.25, -0.2) is 4.39 Å². The summed E-state index contributed by atoms with van der Waals surface area (Å²) < 4.78 is 14.9. The third-order valence-corrected chi connectivity index (χ3v) is 4.32. The molecule has 1 N–H and O–H groups in total. The molecule has 0 radical (unpaired) electrons. The molecule has 1 atom stereocenters. The number of hydrogen-bond acceptors (Lipinski definition) is 1. The Morgan fingerprint density at radius 1 is 1.05 bits per heavy atom. The van der Waals surface area contributed by atoms with Gasteiger partial charge >= 0.3 is 0 Å². The molecule has 0 aliphatic carbocycles. The zero-order valence-electron chi connectivity index (χ0n) is 12.0. The Balaban J connectivity index is 2.44. The first-order valence-electron chi connectivity index (χ1n) is 6.78. The largest absolute Gasteiger partial charge is 0.307 e. The van der Waals surface area contributed by atoms with Crippen molar-refractivity contribution in [3.63, 3.8) is 0 Å². The van der Waals surface area contributed by atoms with Crippen molar-refractivity contribution in [3.8, 4) is 0 Å². The average Bonchev–Trinajstić information content (AvgIpc) is 2.43. The van der Waals surface area contributed by atoms with Crippen molar-refractivity contribution in [2.45, 2.75) is 26.8 Å². The SMILES string of the molecule is CCNC(c1ccc(C)c(F)c1)c1ccc(C)c(Br)c1. The van der Waals surface area contributed by atoms with Gasteiger partial charge in [0, 0.05) is 4.47 Å². The van der Waals surface area contributed by atoms with Crippen LogP contribution in [0.4, 0.5) is 4.39 Å². The van der Waals surface area contributed by atoms with Crippen molar-refractivity contribution < 1.29 is 4.39 Å². The standard InChI is InChI=1S/C17H19BrFN/c1-4-20-17(13-7-5-11(2)15(18)9-13)14-8-6-12(3)16(19)10-14/h5-10,17,20H,4H2,1-3H3. The minimum absolute atomic E-state index is 0.00648. The fourth-order valence-corrected chi connectivity index (χ4v) is 2.61. The van der Waals surface area contributed by atoms with Gasteiger partial charge < -0.3 is 5.32 Å². The van der Waals surface area contributed by atoms with E-state index in [1.165, 1.54) is 5.56 Å². The molecule has 0 amide bonds. The summed E-state index contributed by atoms with van der Waals surface area (Å²) >= 11 is 3.56. The van der Waals surface area contributed by atoms with E-state index in [1.54, 1.807) is 13.0 Å². The minimum Gasteiger partial charge on any atom is -0.307 e. The Bertz CT molecular complexity index is 558. The summed E-state index contributed by atoms with van der Waals surface area (Å²) in [6.45, 7) is 6.72. The molecule has 2 rings (SSSR count). The Morgan fingerprint density at radius 3 is 2.20 bits per heavy atom. The first-order valence-corrected chi connectivity index (χ1v) is 7.57. The molecule has 0 saturated heterocycles. The van der Waals surface area contributed by atoms with E-state index < -0.39 is 0 Å². The molecular formula is C17H19BrFN. The normalized spacial score (nSPS) is 12.4. The molecule has 106 valence electrons. The summed E-state index contributed by atoms with van der Waals surface area (Å²) in [6, 6.07) is 11.7. The van der Waals surface area contributed by atoms with Gasteiger partial charge in [0.2, 0.25) is 0 Å². The molecule has 0 fully saturated rings. The van der Waals surface area contributed by atoms with Gasteiger partial charge in [-0.15, -0.1) is 0 Å². The van der Waals surface area contributed by atoms with Crippen LogP contribution >= 0.6 is 15.9 Å². The molecule has 1 unspecified atom stereocenters. The van der Waals surface area contributed by atoms with Crippen LogP contribution in [0.3, 0.4) is 0 Å². The zero-order valence-corrected chi connectivity index (χ0v) is 13.6. The molecule has 1 nitrogen and oxygen atoms in total. The van der Waals surface area contributed by atoms with Crippen molar-refractivity contribution in [1.82, 2.24) is 5.32 Å². The lowest BCUT2D eigenvalue weighted by molar-refractivity contribution is 0.597. The first-order chi connectivity index (χ1) is 9.52. The Morgan fingerprint density at radius 2 is 1.65 bits per heavy atom. The lowest BCUT2D eigenvalue weighted by atomic mass is 9.97. The molecule has 0 spiro atoms. The van der Waals surface area contributed by atoms with Crippen molar-refractivity contribution >= 4 is 15.9 Å². The van der Waals surface area contributed by atoms with Crippen LogP contribution in [0.2, 0.25) is 0 Å². The van der Waals surface area contributed by atoms with E-state index in [1.807, 2.05) is 12.1 Å². The topological polar surface area (TPSA) is 12.0 Å². The van der Waals surface area contributed by atoms with Gasteiger partial charge in [0.1, 0.15) is 5.82 Å². The third kappa shape index (κ3) is 3.28. The average molecular weight is 336 g/mol. The Labute approximate surface area is 128 Å². The lowest BCUT2D eigenvalue weighted by Gasteiger charge is -2.20. The maximum Gasteiger partial charge on any atom is 0.126 e. The van der Waals surface area contributed by atoms with Gasteiger partial charge in [-0.05, 0) is 54.8 Å². The summed E-state index contributed by atoms with van der Waals surface area (Å²) in [5.74, 6) is -0.156. The molecule has 0 aliphatic rings. The number of benzene rings is 2.